The van der Waals surface area contributed by atoms with Gasteiger partial charge in [-0.15, -0.1) is 0 Å². The lowest BCUT2D eigenvalue weighted by Crippen LogP contribution is -2.16. The normalized spacial score (nSPS) is 23.6. The van der Waals surface area contributed by atoms with Crippen molar-refractivity contribution in [2.75, 3.05) is 12.4 Å². The van der Waals surface area contributed by atoms with E-state index >= 15 is 0 Å². The molecule has 1 amide bonds. The zero-order chi connectivity index (χ0) is 10.8. The summed E-state index contributed by atoms with van der Waals surface area (Å²) >= 11 is 3.29. The van der Waals surface area contributed by atoms with Crippen molar-refractivity contribution in [3.63, 3.8) is 0 Å². The van der Waals surface area contributed by atoms with Gasteiger partial charge in [0.15, 0.2) is 0 Å². The highest BCUT2D eigenvalue weighted by atomic mass is 79.9. The first-order valence-electron chi connectivity index (χ1n) is 4.65. The topological polar surface area (TPSA) is 51.2 Å². The smallest absolute Gasteiger partial charge is 0.230 e. The third kappa shape index (κ3) is 2.54. The van der Waals surface area contributed by atoms with Gasteiger partial charge in [0.1, 0.15) is 0 Å². The number of hydrogen-bond acceptors (Lipinski definition) is 3. The summed E-state index contributed by atoms with van der Waals surface area (Å²) in [6, 6.07) is 1.81. The Balaban J connectivity index is 1.95. The molecule has 1 aromatic rings. The summed E-state index contributed by atoms with van der Waals surface area (Å²) in [4.78, 5) is 15.6. The molecule has 80 valence electrons. The standard InChI is InChI=1S/C10H11BrN2O2/c1-15-9-3-8(9)10(14)13-7-2-6(11)4-12-5-7/h2,4-5,8-9H,3H2,1H3,(H,13,14). The molecule has 0 bridgehead atoms. The molecule has 4 nitrogen and oxygen atoms in total. The Morgan fingerprint density at radius 2 is 2.47 bits per heavy atom. The lowest BCUT2D eigenvalue weighted by atomic mass is 10.3. The first-order chi connectivity index (χ1) is 7.20. The van der Waals surface area contributed by atoms with E-state index in [2.05, 4.69) is 26.2 Å². The average Bonchev–Trinajstić information content (AvgIpc) is 2.96. The maximum atomic E-state index is 11.6. The van der Waals surface area contributed by atoms with Gasteiger partial charge in [0, 0.05) is 17.8 Å². The molecule has 0 spiro atoms. The van der Waals surface area contributed by atoms with Gasteiger partial charge < -0.3 is 10.1 Å². The molecule has 1 fully saturated rings. The Labute approximate surface area is 96.2 Å². The van der Waals surface area contributed by atoms with Crippen molar-refractivity contribution in [2.24, 2.45) is 5.92 Å². The van der Waals surface area contributed by atoms with Gasteiger partial charge >= 0.3 is 0 Å². The summed E-state index contributed by atoms with van der Waals surface area (Å²) in [6.45, 7) is 0. The molecular weight excluding hydrogens is 260 g/mol. The van der Waals surface area contributed by atoms with E-state index in [1.165, 1.54) is 0 Å². The number of anilines is 1. The average molecular weight is 271 g/mol. The van der Waals surface area contributed by atoms with Crippen molar-refractivity contribution < 1.29 is 9.53 Å². The van der Waals surface area contributed by atoms with Crippen molar-refractivity contribution in [1.29, 1.82) is 0 Å². The number of amides is 1. The fourth-order valence-electron chi connectivity index (χ4n) is 1.42. The van der Waals surface area contributed by atoms with Crippen LogP contribution in [0.2, 0.25) is 0 Å². The monoisotopic (exact) mass is 270 g/mol. The van der Waals surface area contributed by atoms with E-state index in [1.54, 1.807) is 19.5 Å². The number of pyridine rings is 1. The van der Waals surface area contributed by atoms with Crippen LogP contribution in [-0.4, -0.2) is 24.1 Å². The summed E-state index contributed by atoms with van der Waals surface area (Å²) < 4.78 is 5.92. The van der Waals surface area contributed by atoms with E-state index in [-0.39, 0.29) is 17.9 Å². The number of hydrogen-bond donors (Lipinski definition) is 1. The van der Waals surface area contributed by atoms with E-state index in [4.69, 9.17) is 4.74 Å². The summed E-state index contributed by atoms with van der Waals surface area (Å²) in [5.74, 6) is -0.00395. The number of nitrogens with zero attached hydrogens (tertiary/aromatic N) is 1. The molecule has 5 heteroatoms. The molecule has 2 atom stereocenters. The van der Waals surface area contributed by atoms with Gasteiger partial charge in [-0.3, -0.25) is 9.78 Å². The van der Waals surface area contributed by atoms with Gasteiger partial charge in [-0.2, -0.15) is 0 Å². The first kappa shape index (κ1) is 10.6. The Morgan fingerprint density at radius 3 is 3.07 bits per heavy atom. The molecule has 15 heavy (non-hydrogen) atoms. The molecule has 1 aliphatic carbocycles. The third-order valence-electron chi connectivity index (χ3n) is 2.34. The predicted molar refractivity (Wildman–Crippen MR) is 59.5 cm³/mol. The molecular formula is C10H11BrN2O2. The summed E-state index contributed by atoms with van der Waals surface area (Å²) in [7, 11) is 1.62. The highest BCUT2D eigenvalue weighted by Crippen LogP contribution is 2.34. The molecule has 1 heterocycles. The fourth-order valence-corrected chi connectivity index (χ4v) is 1.79. The minimum Gasteiger partial charge on any atom is -0.381 e. The number of nitrogens with one attached hydrogen (secondary N) is 1. The number of rotatable bonds is 3. The number of ether oxygens (including phenoxy) is 1. The summed E-state index contributed by atoms with van der Waals surface area (Å²) in [6.07, 6.45) is 4.19. The van der Waals surface area contributed by atoms with Crippen LogP contribution in [0.4, 0.5) is 5.69 Å². The molecule has 1 saturated carbocycles. The van der Waals surface area contributed by atoms with E-state index in [0.29, 0.717) is 5.69 Å². The Hall–Kier alpha value is -0.940. The molecule has 0 saturated heterocycles. The number of methoxy groups -OCH3 is 1. The molecule has 0 aromatic carbocycles. The van der Waals surface area contributed by atoms with Crippen LogP contribution in [0.3, 0.4) is 0 Å². The van der Waals surface area contributed by atoms with Crippen molar-refractivity contribution in [1.82, 2.24) is 4.98 Å². The van der Waals surface area contributed by atoms with Gasteiger partial charge in [-0.05, 0) is 28.4 Å². The van der Waals surface area contributed by atoms with Crippen LogP contribution in [0.15, 0.2) is 22.9 Å². The number of carbonyl (C=O) groups excluding carboxylic acids is 1. The number of halogens is 1. The largest absolute Gasteiger partial charge is 0.381 e. The van der Waals surface area contributed by atoms with E-state index in [0.717, 1.165) is 10.9 Å². The quantitative estimate of drug-likeness (QED) is 0.912. The molecule has 2 rings (SSSR count). The second kappa shape index (κ2) is 4.28. The van der Waals surface area contributed by atoms with Crippen molar-refractivity contribution in [3.05, 3.63) is 22.9 Å². The van der Waals surface area contributed by atoms with Crippen LogP contribution >= 0.6 is 15.9 Å². The first-order valence-corrected chi connectivity index (χ1v) is 5.44. The van der Waals surface area contributed by atoms with Crippen LogP contribution in [0.25, 0.3) is 0 Å². The van der Waals surface area contributed by atoms with E-state index < -0.39 is 0 Å². The zero-order valence-electron chi connectivity index (χ0n) is 8.24. The van der Waals surface area contributed by atoms with Gasteiger partial charge in [-0.1, -0.05) is 0 Å². The van der Waals surface area contributed by atoms with E-state index in [1.807, 2.05) is 6.07 Å². The molecule has 1 aliphatic rings. The highest BCUT2D eigenvalue weighted by molar-refractivity contribution is 9.10. The van der Waals surface area contributed by atoms with E-state index in [9.17, 15) is 4.79 Å². The van der Waals surface area contributed by atoms with Crippen LogP contribution in [0.1, 0.15) is 6.42 Å². The Kier molecular flexibility index (Phi) is 3.02. The van der Waals surface area contributed by atoms with Crippen LogP contribution < -0.4 is 5.32 Å². The third-order valence-corrected chi connectivity index (χ3v) is 2.78. The van der Waals surface area contributed by atoms with Crippen molar-refractivity contribution >= 4 is 27.5 Å². The molecule has 2 unspecified atom stereocenters. The number of aromatic nitrogens is 1. The lowest BCUT2D eigenvalue weighted by Gasteiger charge is -2.03. The van der Waals surface area contributed by atoms with Gasteiger partial charge in [0.05, 0.1) is 23.9 Å². The Morgan fingerprint density at radius 1 is 1.67 bits per heavy atom. The minimum absolute atomic E-state index is 0.00162. The summed E-state index contributed by atoms with van der Waals surface area (Å²) in [5, 5.41) is 2.80. The lowest BCUT2D eigenvalue weighted by molar-refractivity contribution is -0.118. The maximum Gasteiger partial charge on any atom is 0.230 e. The molecule has 1 aromatic heterocycles. The summed E-state index contributed by atoms with van der Waals surface area (Å²) in [5.41, 5.74) is 0.705. The second-order valence-corrected chi connectivity index (χ2v) is 4.41. The second-order valence-electron chi connectivity index (χ2n) is 3.50. The Bertz CT molecular complexity index is 383. The van der Waals surface area contributed by atoms with Crippen LogP contribution in [0, 0.1) is 5.92 Å². The van der Waals surface area contributed by atoms with Gasteiger partial charge in [0.2, 0.25) is 5.91 Å². The molecule has 0 radical (unpaired) electrons. The molecule has 1 N–H and O–H groups in total. The van der Waals surface area contributed by atoms with Gasteiger partial charge in [0.25, 0.3) is 0 Å². The van der Waals surface area contributed by atoms with Crippen molar-refractivity contribution in [2.45, 2.75) is 12.5 Å². The number of carbonyl (C=O) groups is 1. The van der Waals surface area contributed by atoms with Gasteiger partial charge in [-0.25, -0.2) is 0 Å². The minimum atomic E-state index is -0.00557. The van der Waals surface area contributed by atoms with Crippen molar-refractivity contribution in [3.8, 4) is 0 Å². The van der Waals surface area contributed by atoms with Crippen LogP contribution in [-0.2, 0) is 9.53 Å². The SMILES string of the molecule is COC1CC1C(=O)Nc1cncc(Br)c1. The highest BCUT2D eigenvalue weighted by Gasteiger charge is 2.43. The molecule has 0 aliphatic heterocycles. The fraction of sp³-hybridized carbons (Fsp3) is 0.400. The maximum absolute atomic E-state index is 11.6. The van der Waals surface area contributed by atoms with Crippen LogP contribution in [0.5, 0.6) is 0 Å². The predicted octanol–water partition coefficient (Wildman–Crippen LogP) is 1.82. The zero-order valence-corrected chi connectivity index (χ0v) is 9.82.